The van der Waals surface area contributed by atoms with Gasteiger partial charge in [0.1, 0.15) is 0 Å². The van der Waals surface area contributed by atoms with Crippen LogP contribution in [0.2, 0.25) is 0 Å². The van der Waals surface area contributed by atoms with E-state index in [0.717, 1.165) is 0 Å². The van der Waals surface area contributed by atoms with E-state index in [0.29, 0.717) is 0 Å². The smallest absolute Gasteiger partial charge is 0.759 e. The third kappa shape index (κ3) is 12600. The molecule has 0 radical (unpaired) electrons. The van der Waals surface area contributed by atoms with Gasteiger partial charge in [0.05, 0.1) is 0 Å². The zero-order chi connectivity index (χ0) is 9.00. The molecule has 0 fully saturated rings. The first kappa shape index (κ1) is 29.2. The first-order valence-electron chi connectivity index (χ1n) is 1.33. The molecule has 0 aliphatic carbocycles. The molecule has 13 heteroatoms. The summed E-state index contributed by atoms with van der Waals surface area (Å²) >= 11 is 0. The second-order valence-corrected chi connectivity index (χ2v) is 2.45. The summed E-state index contributed by atoms with van der Waals surface area (Å²) in [6.07, 6.45) is 0. The molecule has 86 valence electrons. The van der Waals surface area contributed by atoms with Gasteiger partial charge in [-0.1, -0.05) is 0 Å². The second kappa shape index (κ2) is 10.4. The molecule has 0 aliphatic rings. The largest absolute Gasteiger partial charge is 4.00 e. The van der Waals surface area contributed by atoms with E-state index in [2.05, 4.69) is 0 Å². The van der Waals surface area contributed by atoms with Gasteiger partial charge in [0.15, 0.2) is 0 Å². The first-order chi connectivity index (χ1) is 4.00. The van der Waals surface area contributed by atoms with E-state index < -0.39 is 20.8 Å². The van der Waals surface area contributed by atoms with Crippen molar-refractivity contribution in [3.8, 4) is 0 Å². The van der Waals surface area contributed by atoms with E-state index >= 15 is 0 Å². The second-order valence-electron chi connectivity index (χ2n) is 0.816. The molecule has 0 aromatic heterocycles. The molecule has 0 rings (SSSR count). The van der Waals surface area contributed by atoms with Gasteiger partial charge in [0, 0.05) is 20.8 Å². The average molecular weight is 333 g/mol. The predicted molar refractivity (Wildman–Crippen MR) is 31.0 cm³/mol. The maximum Gasteiger partial charge on any atom is 4.00 e. The quantitative estimate of drug-likeness (QED) is 0.272. The van der Waals surface area contributed by atoms with E-state index in [1.54, 1.807) is 0 Å². The molecule has 0 aromatic rings. The Morgan fingerprint density at radius 2 is 0.615 bits per heavy atom. The monoisotopic (exact) mass is 332 g/mol. The zero-order valence-electron chi connectivity index (χ0n) is 5.81. The van der Waals surface area contributed by atoms with Gasteiger partial charge in [-0.05, 0) is 0 Å². The van der Waals surface area contributed by atoms with Crippen molar-refractivity contribution in [3.63, 3.8) is 0 Å². The maximum absolute atomic E-state index is 8.52. The van der Waals surface area contributed by atoms with Crippen molar-refractivity contribution in [2.24, 2.45) is 0 Å². The molecule has 10 nitrogen and oxygen atoms in total. The van der Waals surface area contributed by atoms with Crippen LogP contribution in [0, 0.1) is 0 Å². The Bertz CT molecular complexity index is 217. The average Bonchev–Trinajstić information content (AvgIpc) is 1.12. The van der Waals surface area contributed by atoms with Crippen molar-refractivity contribution in [2.45, 2.75) is 0 Å². The van der Waals surface area contributed by atoms with Gasteiger partial charge in [-0.15, -0.1) is 0 Å². The summed E-state index contributed by atoms with van der Waals surface area (Å²) in [5.74, 6) is 0. The van der Waals surface area contributed by atoms with Gasteiger partial charge < -0.3 is 30.5 Å². The van der Waals surface area contributed by atoms with Crippen LogP contribution in [0.25, 0.3) is 0 Å². The topological polar surface area (TPSA) is 231 Å². The van der Waals surface area contributed by atoms with E-state index in [9.17, 15) is 0 Å². The number of hydrogen-bond donors (Lipinski definition) is 2. The SMILES string of the molecule is N.N.O=S(=O)([O-])[O-].O=S(=O)([O-])[O-].[Pd+4]. The standard InChI is InChI=1S/2H3N.2H2O4S.Pd/c;;2*1-5(2,3)4;/h2*1H3;2*(H2,1,2,3,4);/q;;;;+4/p-4. The molecule has 0 unspecified atom stereocenters. The van der Waals surface area contributed by atoms with Crippen LogP contribution in [-0.4, -0.2) is 35.0 Å². The van der Waals surface area contributed by atoms with Crippen LogP contribution in [0.4, 0.5) is 0 Å². The maximum atomic E-state index is 8.52. The van der Waals surface area contributed by atoms with E-state index in [1.807, 2.05) is 0 Å². The predicted octanol–water partition coefficient (Wildman–Crippen LogP) is -2.35. The molecule has 0 heterocycles. The van der Waals surface area contributed by atoms with Crippen molar-refractivity contribution >= 4 is 20.8 Å². The van der Waals surface area contributed by atoms with Crippen molar-refractivity contribution in [1.82, 2.24) is 12.3 Å². The third-order valence-corrected chi connectivity index (χ3v) is 0. The fraction of sp³-hybridized carbons (Fsp3) is 0. The fourth-order valence-electron chi connectivity index (χ4n) is 0. The van der Waals surface area contributed by atoms with Crippen molar-refractivity contribution in [2.75, 3.05) is 0 Å². The summed E-state index contributed by atoms with van der Waals surface area (Å²) < 4.78 is 68.2. The molecule has 0 aliphatic heterocycles. The van der Waals surface area contributed by atoms with Crippen molar-refractivity contribution in [3.05, 3.63) is 0 Å². The van der Waals surface area contributed by atoms with Crippen LogP contribution in [0.5, 0.6) is 0 Å². The Morgan fingerprint density at radius 1 is 0.615 bits per heavy atom. The fourth-order valence-corrected chi connectivity index (χ4v) is 0. The van der Waals surface area contributed by atoms with E-state index in [-0.39, 0.29) is 32.7 Å². The summed E-state index contributed by atoms with van der Waals surface area (Å²) in [6.45, 7) is 0. The Balaban J connectivity index is -0.0000000267. The Kier molecular flexibility index (Phi) is 23.4. The molecule has 0 bridgehead atoms. The van der Waals surface area contributed by atoms with Crippen molar-refractivity contribution in [1.29, 1.82) is 0 Å². The molecule has 0 spiro atoms. The minimum atomic E-state index is -5.17. The Hall–Kier alpha value is 0.322. The zero-order valence-corrected chi connectivity index (χ0v) is 9.00. The van der Waals surface area contributed by atoms with Crippen LogP contribution in [0.15, 0.2) is 0 Å². The molecule has 0 amide bonds. The third-order valence-electron chi connectivity index (χ3n) is 0. The van der Waals surface area contributed by atoms with Crippen LogP contribution < -0.4 is 12.3 Å². The summed E-state index contributed by atoms with van der Waals surface area (Å²) in [6, 6.07) is 0. The normalized spacial score (nSPS) is 8.92. The van der Waals surface area contributed by atoms with Gasteiger partial charge in [-0.25, -0.2) is 0 Å². The van der Waals surface area contributed by atoms with Gasteiger partial charge in [0.25, 0.3) is 0 Å². The molecule has 0 saturated carbocycles. The van der Waals surface area contributed by atoms with Gasteiger partial charge in [-0.2, -0.15) is 0 Å². The summed E-state index contributed by atoms with van der Waals surface area (Å²) in [7, 11) is -10.3. The minimum absolute atomic E-state index is 0. The van der Waals surface area contributed by atoms with E-state index in [1.165, 1.54) is 0 Å². The summed E-state index contributed by atoms with van der Waals surface area (Å²) in [5.41, 5.74) is 0. The Morgan fingerprint density at radius 3 is 0.615 bits per heavy atom. The molecule has 0 atom stereocenters. The van der Waals surface area contributed by atoms with Crippen LogP contribution >= 0.6 is 0 Å². The molecule has 0 aromatic carbocycles. The Labute approximate surface area is 88.7 Å². The molecular formula is H6N2O8PdS2. The molecule has 6 N–H and O–H groups in total. The number of hydrogen-bond acceptors (Lipinski definition) is 10. The van der Waals surface area contributed by atoms with Gasteiger partial charge in [-0.3, -0.25) is 16.8 Å². The molecule has 13 heavy (non-hydrogen) atoms. The van der Waals surface area contributed by atoms with Crippen molar-refractivity contribution < 1.29 is 55.5 Å². The van der Waals surface area contributed by atoms with Crippen LogP contribution in [0.3, 0.4) is 0 Å². The van der Waals surface area contributed by atoms with Gasteiger partial charge in [0.2, 0.25) is 0 Å². The number of rotatable bonds is 0. The van der Waals surface area contributed by atoms with Crippen LogP contribution in [-0.2, 0) is 41.2 Å². The first-order valence-corrected chi connectivity index (χ1v) is 4.00. The minimum Gasteiger partial charge on any atom is -0.759 e. The van der Waals surface area contributed by atoms with Gasteiger partial charge >= 0.3 is 20.4 Å². The summed E-state index contributed by atoms with van der Waals surface area (Å²) in [5, 5.41) is 0. The van der Waals surface area contributed by atoms with E-state index in [4.69, 9.17) is 35.0 Å². The van der Waals surface area contributed by atoms with Crippen LogP contribution in [0.1, 0.15) is 0 Å². The summed E-state index contributed by atoms with van der Waals surface area (Å²) in [4.78, 5) is 0. The molecule has 0 saturated heterocycles. The molecular weight excluding hydrogens is 327 g/mol.